The van der Waals surface area contributed by atoms with E-state index in [2.05, 4.69) is 22.3 Å². The zero-order valence-corrected chi connectivity index (χ0v) is 13.1. The van der Waals surface area contributed by atoms with E-state index in [0.29, 0.717) is 31.1 Å². The quantitative estimate of drug-likeness (QED) is 0.867. The first-order valence-corrected chi connectivity index (χ1v) is 7.73. The molecule has 0 spiro atoms. The van der Waals surface area contributed by atoms with Crippen LogP contribution in [0.25, 0.3) is 0 Å². The Bertz CT molecular complexity index is 472. The predicted molar refractivity (Wildman–Crippen MR) is 82.1 cm³/mol. The van der Waals surface area contributed by atoms with Gasteiger partial charge in [0.05, 0.1) is 12.2 Å². The average molecular weight is 294 g/mol. The van der Waals surface area contributed by atoms with Gasteiger partial charge < -0.3 is 10.3 Å². The number of carbonyl (C=O) groups excluding carboxylic acids is 1. The lowest BCUT2D eigenvalue weighted by Crippen LogP contribution is -2.51. The summed E-state index contributed by atoms with van der Waals surface area (Å²) < 4.78 is 5.14. The number of anilines is 1. The van der Waals surface area contributed by atoms with Crippen molar-refractivity contribution in [3.8, 4) is 0 Å². The second kappa shape index (κ2) is 7.04. The zero-order chi connectivity index (χ0) is 15.4. The molecule has 0 aromatic carbocycles. The van der Waals surface area contributed by atoms with Crippen LogP contribution in [0.2, 0.25) is 0 Å². The van der Waals surface area contributed by atoms with Crippen LogP contribution < -0.4 is 11.1 Å². The molecule has 1 aliphatic heterocycles. The molecule has 1 aliphatic rings. The van der Waals surface area contributed by atoms with Gasteiger partial charge in [-0.05, 0) is 25.7 Å². The van der Waals surface area contributed by atoms with Gasteiger partial charge in [0.15, 0.2) is 0 Å². The summed E-state index contributed by atoms with van der Waals surface area (Å²) in [6, 6.07) is 2.46. The van der Waals surface area contributed by atoms with Gasteiger partial charge >= 0.3 is 0 Å². The Morgan fingerprint density at radius 2 is 2.33 bits per heavy atom. The number of likely N-dealkylation sites (tertiary alicyclic amines) is 1. The smallest absolute Gasteiger partial charge is 0.240 e. The fourth-order valence-corrected chi connectivity index (χ4v) is 2.84. The second-order valence-corrected chi connectivity index (χ2v) is 6.16. The van der Waals surface area contributed by atoms with E-state index in [1.54, 1.807) is 6.07 Å². The molecule has 2 unspecified atom stereocenters. The van der Waals surface area contributed by atoms with Crippen molar-refractivity contribution >= 4 is 11.8 Å². The highest BCUT2D eigenvalue weighted by atomic mass is 16.5. The lowest BCUT2D eigenvalue weighted by atomic mass is 9.96. The number of nitrogens with zero attached hydrogens (tertiary/aromatic N) is 2. The van der Waals surface area contributed by atoms with Gasteiger partial charge in [0.1, 0.15) is 0 Å². The summed E-state index contributed by atoms with van der Waals surface area (Å²) in [5.41, 5.74) is 6.66. The maximum absolute atomic E-state index is 12.2. The van der Waals surface area contributed by atoms with Gasteiger partial charge in [-0.15, -0.1) is 0 Å². The molecule has 0 radical (unpaired) electrons. The maximum atomic E-state index is 12.2. The monoisotopic (exact) mass is 294 g/mol. The summed E-state index contributed by atoms with van der Waals surface area (Å²) in [6.07, 6.45) is 3.36. The number of rotatable bonds is 5. The lowest BCUT2D eigenvalue weighted by molar-refractivity contribution is -0.119. The van der Waals surface area contributed by atoms with E-state index in [4.69, 9.17) is 10.3 Å². The van der Waals surface area contributed by atoms with Crippen LogP contribution in [0.4, 0.5) is 5.88 Å². The SMILES string of the molecule is CC(C)c1cc(NC(=O)CN2C(C)CCCC2CN)on1. The molecule has 1 aromatic heterocycles. The minimum absolute atomic E-state index is 0.0753. The normalized spacial score (nSPS) is 23.5. The molecular weight excluding hydrogens is 268 g/mol. The van der Waals surface area contributed by atoms with E-state index in [-0.39, 0.29) is 11.8 Å². The zero-order valence-electron chi connectivity index (χ0n) is 13.1. The van der Waals surface area contributed by atoms with Crippen LogP contribution in [0.3, 0.4) is 0 Å². The Morgan fingerprint density at radius 3 is 2.95 bits per heavy atom. The molecule has 6 heteroatoms. The fourth-order valence-electron chi connectivity index (χ4n) is 2.84. The third-order valence-electron chi connectivity index (χ3n) is 4.18. The molecule has 1 fully saturated rings. The van der Waals surface area contributed by atoms with Crippen LogP contribution in [-0.2, 0) is 4.79 Å². The highest BCUT2D eigenvalue weighted by molar-refractivity contribution is 5.91. The molecule has 118 valence electrons. The molecule has 2 heterocycles. The van der Waals surface area contributed by atoms with E-state index in [1.807, 2.05) is 13.8 Å². The first-order valence-electron chi connectivity index (χ1n) is 7.73. The van der Waals surface area contributed by atoms with Crippen molar-refractivity contribution in [1.82, 2.24) is 10.1 Å². The van der Waals surface area contributed by atoms with Crippen LogP contribution >= 0.6 is 0 Å². The second-order valence-electron chi connectivity index (χ2n) is 6.16. The summed E-state index contributed by atoms with van der Waals surface area (Å²) in [5.74, 6) is 0.620. The van der Waals surface area contributed by atoms with Gasteiger partial charge in [0.2, 0.25) is 11.8 Å². The minimum Gasteiger partial charge on any atom is -0.338 e. The van der Waals surface area contributed by atoms with Gasteiger partial charge in [0, 0.05) is 24.7 Å². The molecule has 1 aromatic rings. The number of nitrogens with two attached hydrogens (primary N) is 1. The number of aromatic nitrogens is 1. The highest BCUT2D eigenvalue weighted by Crippen LogP contribution is 2.22. The number of carbonyl (C=O) groups is 1. The molecule has 0 aliphatic carbocycles. The summed E-state index contributed by atoms with van der Waals surface area (Å²) >= 11 is 0. The molecule has 21 heavy (non-hydrogen) atoms. The van der Waals surface area contributed by atoms with Crippen molar-refractivity contribution in [3.05, 3.63) is 11.8 Å². The molecular formula is C15H26N4O2. The number of hydrogen-bond donors (Lipinski definition) is 2. The Balaban J connectivity index is 1.93. The minimum atomic E-state index is -0.0753. The van der Waals surface area contributed by atoms with Crippen LogP contribution in [0.1, 0.15) is 51.6 Å². The van der Waals surface area contributed by atoms with Crippen LogP contribution in [0.15, 0.2) is 10.6 Å². The molecule has 0 bridgehead atoms. The maximum Gasteiger partial charge on any atom is 0.240 e. The van der Waals surface area contributed by atoms with E-state index in [9.17, 15) is 4.79 Å². The first kappa shape index (κ1) is 16.0. The van der Waals surface area contributed by atoms with Gasteiger partial charge in [-0.3, -0.25) is 15.0 Å². The van der Waals surface area contributed by atoms with Gasteiger partial charge in [-0.25, -0.2) is 0 Å². The Morgan fingerprint density at radius 1 is 1.57 bits per heavy atom. The first-order chi connectivity index (χ1) is 10.0. The number of amides is 1. The molecule has 2 rings (SSSR count). The van der Waals surface area contributed by atoms with E-state index in [1.165, 1.54) is 6.42 Å². The van der Waals surface area contributed by atoms with Crippen LogP contribution in [-0.4, -0.2) is 41.1 Å². The molecule has 0 saturated carbocycles. The van der Waals surface area contributed by atoms with Gasteiger partial charge in [0.25, 0.3) is 0 Å². The lowest BCUT2D eigenvalue weighted by Gasteiger charge is -2.39. The predicted octanol–water partition coefficient (Wildman–Crippen LogP) is 1.94. The van der Waals surface area contributed by atoms with Crippen molar-refractivity contribution in [1.29, 1.82) is 0 Å². The fraction of sp³-hybridized carbons (Fsp3) is 0.733. The molecule has 3 N–H and O–H groups in total. The van der Waals surface area contributed by atoms with Crippen molar-refractivity contribution < 1.29 is 9.32 Å². The van der Waals surface area contributed by atoms with Gasteiger partial charge in [-0.1, -0.05) is 25.4 Å². The third-order valence-corrected chi connectivity index (χ3v) is 4.18. The van der Waals surface area contributed by atoms with Crippen molar-refractivity contribution in [2.75, 3.05) is 18.4 Å². The molecule has 6 nitrogen and oxygen atoms in total. The molecule has 1 amide bonds. The third kappa shape index (κ3) is 4.04. The summed E-state index contributed by atoms with van der Waals surface area (Å²) in [5, 5.41) is 6.72. The van der Waals surface area contributed by atoms with Crippen LogP contribution in [0, 0.1) is 0 Å². The molecule has 1 saturated heterocycles. The van der Waals surface area contributed by atoms with Crippen molar-refractivity contribution in [2.45, 2.75) is 58.0 Å². The van der Waals surface area contributed by atoms with Gasteiger partial charge in [-0.2, -0.15) is 0 Å². The topological polar surface area (TPSA) is 84.4 Å². The Hall–Kier alpha value is -1.40. The summed E-state index contributed by atoms with van der Waals surface area (Å²) in [6.45, 7) is 7.16. The summed E-state index contributed by atoms with van der Waals surface area (Å²) in [7, 11) is 0. The van der Waals surface area contributed by atoms with Crippen molar-refractivity contribution in [2.24, 2.45) is 5.73 Å². The molecule has 2 atom stereocenters. The van der Waals surface area contributed by atoms with Crippen molar-refractivity contribution in [3.63, 3.8) is 0 Å². The van der Waals surface area contributed by atoms with E-state index in [0.717, 1.165) is 18.5 Å². The van der Waals surface area contributed by atoms with E-state index < -0.39 is 0 Å². The number of piperidine rings is 1. The average Bonchev–Trinajstić information content (AvgIpc) is 2.89. The number of hydrogen-bond acceptors (Lipinski definition) is 5. The van der Waals surface area contributed by atoms with E-state index >= 15 is 0 Å². The highest BCUT2D eigenvalue weighted by Gasteiger charge is 2.28. The largest absolute Gasteiger partial charge is 0.338 e. The number of nitrogens with one attached hydrogen (secondary N) is 1. The standard InChI is InChI=1S/C15H26N4O2/c1-10(2)13-7-15(21-18-13)17-14(20)9-19-11(3)5-4-6-12(19)8-16/h7,10-12H,4-6,8-9,16H2,1-3H3,(H,17,20). The van der Waals surface area contributed by atoms with Crippen LogP contribution in [0.5, 0.6) is 0 Å². The summed E-state index contributed by atoms with van der Waals surface area (Å²) in [4.78, 5) is 14.4. The Labute approximate surface area is 126 Å². The Kier molecular flexibility index (Phi) is 5.36.